The molecular weight excluding hydrogens is 580 g/mol. The van der Waals surface area contributed by atoms with Crippen LogP contribution >= 0.6 is 23.1 Å². The maximum atomic E-state index is 11.6. The molecule has 0 fully saturated rings. The van der Waals surface area contributed by atoms with Gasteiger partial charge in [0.15, 0.2) is 0 Å². The van der Waals surface area contributed by atoms with Crippen LogP contribution in [0.25, 0.3) is 0 Å². The molecule has 0 spiro atoms. The molecule has 3 atom stereocenters. The Morgan fingerprint density at radius 3 is 1.86 bits per heavy atom. The number of amides is 2. The topological polar surface area (TPSA) is 200 Å². The Labute approximate surface area is 254 Å². The molecule has 13 nitrogen and oxygen atoms in total. The van der Waals surface area contributed by atoms with Gasteiger partial charge in [-0.15, -0.1) is 8.75 Å². The van der Waals surface area contributed by atoms with Crippen molar-refractivity contribution in [1.82, 2.24) is 18.7 Å². The minimum Gasteiger partial charge on any atom is -0.508 e. The number of nitrogens with two attached hydrogens (primary N) is 2. The van der Waals surface area contributed by atoms with Crippen molar-refractivity contribution in [2.45, 2.75) is 78.3 Å². The lowest BCUT2D eigenvalue weighted by Crippen LogP contribution is -2.40. The van der Waals surface area contributed by atoms with E-state index in [9.17, 15) is 14.7 Å². The predicted octanol–water partition coefficient (Wildman–Crippen LogP) is 3.96. The minimum atomic E-state index is -0.615. The number of ether oxygens (including phenoxy) is 2. The number of carbonyl (C=O) groups is 2. The normalized spacial score (nSPS) is 12.8. The first-order valence-corrected chi connectivity index (χ1v) is 15.5. The highest BCUT2D eigenvalue weighted by Gasteiger charge is 2.23. The number of unbranched alkanes of at least 4 members (excludes halogenated alkanes) is 2. The number of aromatic hydroxyl groups is 1. The van der Waals surface area contributed by atoms with Crippen LogP contribution in [0.5, 0.6) is 17.8 Å². The number of anilines is 2. The highest BCUT2D eigenvalue weighted by atomic mass is 32.1. The fourth-order valence-corrected chi connectivity index (χ4v) is 4.50. The molecule has 1 aromatic carbocycles. The fraction of sp³-hybridized carbons (Fsp3) is 0.556. The zero-order valence-electron chi connectivity index (χ0n) is 24.5. The lowest BCUT2D eigenvalue weighted by molar-refractivity contribution is -0.120. The van der Waals surface area contributed by atoms with Crippen LogP contribution in [0.1, 0.15) is 65.4 Å². The molecule has 0 aliphatic rings. The van der Waals surface area contributed by atoms with Crippen LogP contribution in [-0.4, -0.2) is 60.9 Å². The molecule has 232 valence electrons. The number of carbonyl (C=O) groups excluding carboxylic acids is 2. The van der Waals surface area contributed by atoms with Crippen LogP contribution in [0, 0.1) is 5.92 Å². The predicted molar refractivity (Wildman–Crippen MR) is 165 cm³/mol. The van der Waals surface area contributed by atoms with E-state index in [2.05, 4.69) is 43.2 Å². The smallest absolute Gasteiger partial charge is 0.330 e. The summed E-state index contributed by atoms with van der Waals surface area (Å²) in [6, 6.07) is 6.24. The third kappa shape index (κ3) is 12.4. The summed E-state index contributed by atoms with van der Waals surface area (Å²) in [5.41, 5.74) is 11.7. The fourth-order valence-electron chi connectivity index (χ4n) is 3.37. The van der Waals surface area contributed by atoms with Crippen molar-refractivity contribution in [1.29, 1.82) is 0 Å². The van der Waals surface area contributed by atoms with Gasteiger partial charge in [-0.2, -0.15) is 9.97 Å². The van der Waals surface area contributed by atoms with Gasteiger partial charge in [0.05, 0.1) is 13.2 Å². The van der Waals surface area contributed by atoms with Crippen molar-refractivity contribution in [3.8, 4) is 17.8 Å². The summed E-state index contributed by atoms with van der Waals surface area (Å²) >= 11 is 2.30. The lowest BCUT2D eigenvalue weighted by Gasteiger charge is -2.20. The van der Waals surface area contributed by atoms with E-state index in [1.165, 1.54) is 11.5 Å². The average Bonchev–Trinajstić information content (AvgIpc) is 3.62. The van der Waals surface area contributed by atoms with E-state index in [4.69, 9.17) is 20.9 Å². The third-order valence-electron chi connectivity index (χ3n) is 6.09. The van der Waals surface area contributed by atoms with Crippen LogP contribution < -0.4 is 31.6 Å². The summed E-state index contributed by atoms with van der Waals surface area (Å²) in [7, 11) is 0. The molecule has 15 heteroatoms. The van der Waals surface area contributed by atoms with E-state index < -0.39 is 18.0 Å². The number of nitrogens with one attached hydrogen (secondary N) is 2. The first kappa shape index (κ1) is 34.5. The second-order valence-corrected chi connectivity index (χ2v) is 11.1. The van der Waals surface area contributed by atoms with Crippen molar-refractivity contribution < 1.29 is 24.2 Å². The second-order valence-electron chi connectivity index (χ2n) is 9.55. The second kappa shape index (κ2) is 18.7. The summed E-state index contributed by atoms with van der Waals surface area (Å²) in [5, 5.41) is 16.4. The first-order valence-electron chi connectivity index (χ1n) is 14.0. The first-order chi connectivity index (χ1) is 20.2. The number of hydrogen-bond donors (Lipinski definition) is 5. The molecule has 0 aliphatic carbocycles. The van der Waals surface area contributed by atoms with Gasteiger partial charge in [-0.1, -0.05) is 59.1 Å². The lowest BCUT2D eigenvalue weighted by atomic mass is 9.99. The number of nitrogens with zero attached hydrogens (tertiary/aromatic N) is 4. The molecule has 0 radical (unpaired) electrons. The van der Waals surface area contributed by atoms with Gasteiger partial charge < -0.3 is 36.7 Å². The monoisotopic (exact) mass is 622 g/mol. The Balaban J connectivity index is 0.000000299. The molecule has 2 aromatic heterocycles. The Morgan fingerprint density at radius 2 is 1.40 bits per heavy atom. The Kier molecular flexibility index (Phi) is 15.3. The molecule has 7 N–H and O–H groups in total. The molecule has 0 unspecified atom stereocenters. The third-order valence-corrected chi connectivity index (χ3v) is 7.35. The molecule has 0 aliphatic heterocycles. The van der Waals surface area contributed by atoms with Gasteiger partial charge in [0.25, 0.3) is 0 Å². The maximum Gasteiger partial charge on any atom is 0.330 e. The van der Waals surface area contributed by atoms with Crippen LogP contribution in [0.15, 0.2) is 24.3 Å². The molecule has 0 saturated carbocycles. The van der Waals surface area contributed by atoms with Gasteiger partial charge in [-0.3, -0.25) is 9.59 Å². The van der Waals surface area contributed by atoms with E-state index in [1.807, 2.05) is 13.8 Å². The van der Waals surface area contributed by atoms with Crippen LogP contribution in [0.3, 0.4) is 0 Å². The summed E-state index contributed by atoms with van der Waals surface area (Å²) in [5.74, 6) is -0.541. The number of aromatic nitrogens is 4. The molecule has 0 saturated heterocycles. The summed E-state index contributed by atoms with van der Waals surface area (Å²) in [4.78, 5) is 31.4. The largest absolute Gasteiger partial charge is 0.508 e. The van der Waals surface area contributed by atoms with Gasteiger partial charge >= 0.3 is 12.0 Å². The molecular formula is C27H42N8O5S2. The Hall–Kier alpha value is -3.72. The number of primary amides is 2. The van der Waals surface area contributed by atoms with E-state index in [0.29, 0.717) is 41.9 Å². The summed E-state index contributed by atoms with van der Waals surface area (Å²) < 4.78 is 19.0. The Morgan fingerprint density at radius 1 is 0.881 bits per heavy atom. The molecule has 3 rings (SSSR count). The standard InChI is InChI=1S/C15H20N4O3S.C12H22N4O2S/c1-2-3-8-22-14-18-15(23-19-14)17-12(13(16)21)9-10-4-6-11(20)7-5-10;1-4-6-7-18-11-15-12(19-16-11)14-9(10(13)17)8(3)5-2/h4-7,12,20H,2-3,8-9H2,1H3,(H2,16,21)(H,17,18,19);8-9H,4-7H2,1-3H3,(H2,13,17)(H,14,15,16)/t12-;8-,9-/m00/s1. The summed E-state index contributed by atoms with van der Waals surface area (Å²) in [6.07, 6.45) is 5.25. The molecule has 2 amide bonds. The number of benzene rings is 1. The quantitative estimate of drug-likeness (QED) is 0.129. The van der Waals surface area contributed by atoms with E-state index in [1.54, 1.807) is 24.3 Å². The van der Waals surface area contributed by atoms with Gasteiger partial charge in [-0.05, 0) is 36.5 Å². The highest BCUT2D eigenvalue weighted by molar-refractivity contribution is 7.10. The van der Waals surface area contributed by atoms with Crippen molar-refractivity contribution in [2.24, 2.45) is 17.4 Å². The zero-order valence-corrected chi connectivity index (χ0v) is 26.2. The maximum absolute atomic E-state index is 11.6. The van der Waals surface area contributed by atoms with Gasteiger partial charge in [0.2, 0.25) is 22.1 Å². The van der Waals surface area contributed by atoms with E-state index in [-0.39, 0.29) is 17.6 Å². The van der Waals surface area contributed by atoms with E-state index >= 15 is 0 Å². The Bertz CT molecular complexity index is 1210. The number of phenols is 1. The van der Waals surface area contributed by atoms with Crippen LogP contribution in [-0.2, 0) is 16.0 Å². The molecule has 0 bridgehead atoms. The SMILES string of the molecule is CCCCOc1nsc(N[C@@H](Cc2ccc(O)cc2)C(N)=O)n1.CCCCOc1nsc(N[C@H](C(N)=O)[C@@H](C)CC)n1. The van der Waals surface area contributed by atoms with Crippen LogP contribution in [0.4, 0.5) is 10.3 Å². The zero-order chi connectivity index (χ0) is 30.9. The van der Waals surface area contributed by atoms with Gasteiger partial charge in [0, 0.05) is 29.5 Å². The molecule has 3 aromatic rings. The van der Waals surface area contributed by atoms with Crippen molar-refractivity contribution >= 4 is 45.1 Å². The van der Waals surface area contributed by atoms with E-state index in [0.717, 1.165) is 49.2 Å². The number of rotatable bonds is 18. The summed E-state index contributed by atoms with van der Waals surface area (Å²) in [6.45, 7) is 9.33. The van der Waals surface area contributed by atoms with Crippen LogP contribution in [0.2, 0.25) is 0 Å². The highest BCUT2D eigenvalue weighted by Crippen LogP contribution is 2.21. The van der Waals surface area contributed by atoms with Gasteiger partial charge in [-0.25, -0.2) is 0 Å². The number of phenolic OH excluding ortho intramolecular Hbond substituents is 1. The minimum absolute atomic E-state index is 0.144. The molecule has 42 heavy (non-hydrogen) atoms. The van der Waals surface area contributed by atoms with Crippen molar-refractivity contribution in [3.63, 3.8) is 0 Å². The average molecular weight is 623 g/mol. The number of hydrogen-bond acceptors (Lipinski definition) is 13. The van der Waals surface area contributed by atoms with Gasteiger partial charge in [0.1, 0.15) is 17.8 Å². The van der Waals surface area contributed by atoms with Crippen molar-refractivity contribution in [3.05, 3.63) is 29.8 Å². The van der Waals surface area contributed by atoms with Crippen molar-refractivity contribution in [2.75, 3.05) is 23.8 Å². The molecule has 2 heterocycles.